The maximum absolute atomic E-state index is 5.95. The van der Waals surface area contributed by atoms with Gasteiger partial charge in [0.2, 0.25) is 0 Å². The average Bonchev–Trinajstić information content (AvgIpc) is 2.43. The van der Waals surface area contributed by atoms with Gasteiger partial charge < -0.3 is 30.9 Å². The molecule has 120 valence electrons. The molecule has 0 saturated carbocycles. The van der Waals surface area contributed by atoms with Crippen LogP contribution in [-0.2, 0) is 4.74 Å². The molecule has 2 rings (SSSR count). The molecule has 0 amide bonds. The van der Waals surface area contributed by atoms with Crippen molar-refractivity contribution in [3.63, 3.8) is 0 Å². The van der Waals surface area contributed by atoms with Crippen molar-refractivity contribution >= 4 is 11.6 Å². The van der Waals surface area contributed by atoms with E-state index in [1.54, 1.807) is 0 Å². The molecule has 3 nitrogen and oxygen atoms in total. The Labute approximate surface area is 143 Å². The summed E-state index contributed by atoms with van der Waals surface area (Å²) >= 11 is 5.89. The second kappa shape index (κ2) is 7.82. The van der Waals surface area contributed by atoms with Gasteiger partial charge in [-0.25, -0.2) is 0 Å². The van der Waals surface area contributed by atoms with Crippen LogP contribution in [0, 0.1) is 5.41 Å². The molecule has 1 aliphatic heterocycles. The Morgan fingerprint density at radius 1 is 1.19 bits per heavy atom. The van der Waals surface area contributed by atoms with E-state index in [-0.39, 0.29) is 22.4 Å². The molecule has 0 spiro atoms. The molecule has 0 atom stereocenters. The summed E-state index contributed by atoms with van der Waals surface area (Å²) < 4.78 is 12.5. The van der Waals surface area contributed by atoms with Crippen molar-refractivity contribution in [3.05, 3.63) is 29.3 Å². The van der Waals surface area contributed by atoms with Gasteiger partial charge in [-0.1, -0.05) is 11.6 Å². The smallest absolute Gasteiger partial charge is 0.119 e. The Balaban J connectivity index is 0.00000220. The summed E-state index contributed by atoms with van der Waals surface area (Å²) in [5, 5.41) is 0.736. The van der Waals surface area contributed by atoms with Crippen molar-refractivity contribution in [1.29, 1.82) is 0 Å². The molecule has 1 saturated heterocycles. The molecule has 1 aromatic rings. The summed E-state index contributed by atoms with van der Waals surface area (Å²) in [6.45, 7) is 10.2. The van der Waals surface area contributed by atoms with Gasteiger partial charge in [-0.05, 0) is 38.1 Å². The molecule has 1 heterocycles. The minimum atomic E-state index is 0. The maximum atomic E-state index is 5.95. The molecule has 0 aromatic heterocycles. The Bertz CT molecular complexity index is 430. The van der Waals surface area contributed by atoms with E-state index in [0.29, 0.717) is 6.61 Å². The number of rotatable bonds is 7. The summed E-state index contributed by atoms with van der Waals surface area (Å²) in [4.78, 5) is 0. The first kappa shape index (κ1) is 18.8. The molecule has 1 aliphatic rings. The summed E-state index contributed by atoms with van der Waals surface area (Å²) in [6, 6.07) is 7.56. The number of nitrogens with zero attached hydrogens (tertiary/aromatic N) is 1. The van der Waals surface area contributed by atoms with E-state index in [4.69, 9.17) is 21.1 Å². The van der Waals surface area contributed by atoms with Crippen LogP contribution >= 0.6 is 11.6 Å². The third-order valence-corrected chi connectivity index (χ3v) is 4.67. The zero-order valence-corrected chi connectivity index (χ0v) is 15.4. The molecular formula is C16H25BrClNO2. The van der Waals surface area contributed by atoms with Gasteiger partial charge in [0.1, 0.15) is 12.4 Å². The average molecular weight is 379 g/mol. The highest BCUT2D eigenvalue weighted by molar-refractivity contribution is 6.30. The third-order valence-electron chi connectivity index (χ3n) is 4.42. The minimum Gasteiger partial charge on any atom is -1.00 e. The molecule has 21 heavy (non-hydrogen) atoms. The van der Waals surface area contributed by atoms with Gasteiger partial charge in [0, 0.05) is 5.02 Å². The normalized spacial score (nSPS) is 16.8. The fraction of sp³-hybridized carbons (Fsp3) is 0.625. The standard InChI is InChI=1S/C16H25ClNO2.BrH/c1-4-18(3,5-2)10-16(11-19-12-16)13-20-15-8-6-14(17)7-9-15;/h6-9H,4-5,10-13H2,1-3H3;1H/q+1;/p-1. The van der Waals surface area contributed by atoms with Crippen LogP contribution < -0.4 is 21.7 Å². The lowest BCUT2D eigenvalue weighted by Crippen LogP contribution is -3.00. The van der Waals surface area contributed by atoms with Gasteiger partial charge in [-0.3, -0.25) is 0 Å². The van der Waals surface area contributed by atoms with E-state index < -0.39 is 0 Å². The van der Waals surface area contributed by atoms with Gasteiger partial charge >= 0.3 is 0 Å². The van der Waals surface area contributed by atoms with E-state index in [0.717, 1.165) is 48.1 Å². The van der Waals surface area contributed by atoms with Crippen LogP contribution in [0.25, 0.3) is 0 Å². The first-order chi connectivity index (χ1) is 9.51. The van der Waals surface area contributed by atoms with Crippen LogP contribution in [-0.4, -0.2) is 51.0 Å². The van der Waals surface area contributed by atoms with E-state index in [9.17, 15) is 0 Å². The van der Waals surface area contributed by atoms with Crippen molar-refractivity contribution in [3.8, 4) is 5.75 Å². The Hall–Kier alpha value is -0.290. The zero-order valence-electron chi connectivity index (χ0n) is 13.1. The van der Waals surface area contributed by atoms with Gasteiger partial charge in [0.05, 0.1) is 45.3 Å². The Morgan fingerprint density at radius 2 is 1.76 bits per heavy atom. The highest BCUT2D eigenvalue weighted by Gasteiger charge is 2.45. The predicted molar refractivity (Wildman–Crippen MR) is 82.3 cm³/mol. The minimum absolute atomic E-state index is 0. The van der Waals surface area contributed by atoms with Crippen LogP contribution in [0.4, 0.5) is 0 Å². The van der Waals surface area contributed by atoms with Crippen LogP contribution in [0.1, 0.15) is 13.8 Å². The van der Waals surface area contributed by atoms with Gasteiger partial charge in [-0.2, -0.15) is 0 Å². The highest BCUT2D eigenvalue weighted by Crippen LogP contribution is 2.32. The number of quaternary nitrogens is 1. The Kier molecular flexibility index (Phi) is 6.98. The monoisotopic (exact) mass is 377 g/mol. The number of ether oxygens (including phenoxy) is 2. The van der Waals surface area contributed by atoms with Crippen molar-refractivity contribution in [2.75, 3.05) is 46.5 Å². The molecule has 5 heteroatoms. The van der Waals surface area contributed by atoms with Gasteiger partial charge in [-0.15, -0.1) is 0 Å². The highest BCUT2D eigenvalue weighted by atomic mass is 79.9. The second-order valence-corrected chi connectivity index (χ2v) is 6.58. The van der Waals surface area contributed by atoms with E-state index in [2.05, 4.69) is 20.9 Å². The molecular weight excluding hydrogens is 354 g/mol. The van der Waals surface area contributed by atoms with Crippen LogP contribution in [0.5, 0.6) is 5.75 Å². The summed E-state index contributed by atoms with van der Waals surface area (Å²) in [5.41, 5.74) is 0.153. The lowest BCUT2D eigenvalue weighted by molar-refractivity contribution is -0.914. The fourth-order valence-corrected chi connectivity index (χ4v) is 2.76. The Morgan fingerprint density at radius 3 is 2.19 bits per heavy atom. The predicted octanol–water partition coefficient (Wildman–Crippen LogP) is 0.226. The van der Waals surface area contributed by atoms with Crippen molar-refractivity contribution in [1.82, 2.24) is 0 Å². The van der Waals surface area contributed by atoms with Crippen molar-refractivity contribution in [2.45, 2.75) is 13.8 Å². The van der Waals surface area contributed by atoms with Crippen molar-refractivity contribution < 1.29 is 30.9 Å². The maximum Gasteiger partial charge on any atom is 0.119 e. The molecule has 1 fully saturated rings. The first-order valence-corrected chi connectivity index (χ1v) is 7.68. The van der Waals surface area contributed by atoms with Crippen molar-refractivity contribution in [2.24, 2.45) is 5.41 Å². The van der Waals surface area contributed by atoms with Crippen LogP contribution in [0.15, 0.2) is 24.3 Å². The number of hydrogen-bond donors (Lipinski definition) is 0. The van der Waals surface area contributed by atoms with E-state index in [1.165, 1.54) is 0 Å². The summed E-state index contributed by atoms with van der Waals surface area (Å²) in [5.74, 6) is 0.878. The van der Waals surface area contributed by atoms with E-state index >= 15 is 0 Å². The third kappa shape index (κ3) is 4.85. The fourth-order valence-electron chi connectivity index (χ4n) is 2.64. The van der Waals surface area contributed by atoms with E-state index in [1.807, 2.05) is 24.3 Å². The lowest BCUT2D eigenvalue weighted by atomic mass is 9.85. The quantitative estimate of drug-likeness (QED) is 0.632. The summed E-state index contributed by atoms with van der Waals surface area (Å²) in [6.07, 6.45) is 0. The van der Waals surface area contributed by atoms with Gasteiger partial charge in [0.25, 0.3) is 0 Å². The molecule has 0 N–H and O–H groups in total. The zero-order chi connectivity index (χ0) is 14.6. The number of halogens is 2. The van der Waals surface area contributed by atoms with Crippen LogP contribution in [0.3, 0.4) is 0 Å². The van der Waals surface area contributed by atoms with Gasteiger partial charge in [0.15, 0.2) is 0 Å². The molecule has 0 radical (unpaired) electrons. The summed E-state index contributed by atoms with van der Waals surface area (Å²) in [7, 11) is 2.31. The number of hydrogen-bond acceptors (Lipinski definition) is 2. The molecule has 0 bridgehead atoms. The SMILES string of the molecule is CC[N+](C)(CC)CC1(COc2ccc(Cl)cc2)COC1.[Br-]. The first-order valence-electron chi connectivity index (χ1n) is 7.30. The largest absolute Gasteiger partial charge is 1.00 e. The topological polar surface area (TPSA) is 18.5 Å². The molecule has 1 aromatic carbocycles. The van der Waals surface area contributed by atoms with Crippen LogP contribution in [0.2, 0.25) is 5.02 Å². The molecule has 0 aliphatic carbocycles. The molecule has 0 unspecified atom stereocenters. The number of benzene rings is 1. The lowest BCUT2D eigenvalue weighted by Gasteiger charge is -2.46. The second-order valence-electron chi connectivity index (χ2n) is 6.15.